The zero-order valence-corrected chi connectivity index (χ0v) is 24.6. The summed E-state index contributed by atoms with van der Waals surface area (Å²) in [5.74, 6) is 0. The first-order valence-corrected chi connectivity index (χ1v) is 14.6. The minimum atomic E-state index is 0.604. The molecule has 1 aromatic heterocycles. The van der Waals surface area contributed by atoms with Crippen LogP contribution < -0.4 is 0 Å². The van der Waals surface area contributed by atoms with Crippen molar-refractivity contribution in [1.82, 2.24) is 4.57 Å². The SMILES string of the molecule is Clc1cc(Cl)cc(-c2ccc3c(c2)c2cc(-c4cc(Cl)cc(Cl)c4)ccc2n3-c2ccccc2-c2ccccc2)c1. The molecule has 0 radical (unpaired) electrons. The molecule has 0 saturated carbocycles. The van der Waals surface area contributed by atoms with Gasteiger partial charge in [-0.05, 0) is 94.5 Å². The van der Waals surface area contributed by atoms with Crippen LogP contribution in [0.2, 0.25) is 20.1 Å². The normalized spacial score (nSPS) is 11.4. The Hall–Kier alpha value is -3.72. The van der Waals surface area contributed by atoms with E-state index in [1.807, 2.05) is 30.3 Å². The molecule has 0 fully saturated rings. The van der Waals surface area contributed by atoms with E-state index < -0.39 is 0 Å². The number of para-hydroxylation sites is 1. The molecule has 0 N–H and O–H groups in total. The summed E-state index contributed by atoms with van der Waals surface area (Å²) >= 11 is 25.5. The van der Waals surface area contributed by atoms with E-state index >= 15 is 0 Å². The molecule has 0 unspecified atom stereocenters. The van der Waals surface area contributed by atoms with Crippen molar-refractivity contribution in [1.29, 1.82) is 0 Å². The van der Waals surface area contributed by atoms with Crippen LogP contribution in [0.1, 0.15) is 0 Å². The molecule has 5 heteroatoms. The third-order valence-corrected chi connectivity index (χ3v) is 8.26. The van der Waals surface area contributed by atoms with Gasteiger partial charge in [-0.3, -0.25) is 0 Å². The fourth-order valence-corrected chi connectivity index (χ4v) is 6.67. The van der Waals surface area contributed by atoms with Crippen molar-refractivity contribution >= 4 is 68.2 Å². The van der Waals surface area contributed by atoms with Crippen LogP contribution in [0.4, 0.5) is 0 Å². The predicted molar refractivity (Wildman–Crippen MR) is 177 cm³/mol. The average Bonchev–Trinajstić information content (AvgIpc) is 3.29. The predicted octanol–water partition coefficient (Wildman–Crippen LogP) is 12.4. The van der Waals surface area contributed by atoms with E-state index in [1.54, 1.807) is 12.1 Å². The highest BCUT2D eigenvalue weighted by Crippen LogP contribution is 2.40. The van der Waals surface area contributed by atoms with Gasteiger partial charge in [-0.2, -0.15) is 0 Å². The average molecular weight is 609 g/mol. The Morgan fingerprint density at radius 1 is 0.366 bits per heavy atom. The molecule has 6 aromatic carbocycles. The van der Waals surface area contributed by atoms with Gasteiger partial charge < -0.3 is 4.57 Å². The van der Waals surface area contributed by atoms with Gasteiger partial charge in [0.25, 0.3) is 0 Å². The van der Waals surface area contributed by atoms with Gasteiger partial charge in [-0.15, -0.1) is 0 Å². The summed E-state index contributed by atoms with van der Waals surface area (Å²) < 4.78 is 2.34. The van der Waals surface area contributed by atoms with Crippen molar-refractivity contribution in [3.05, 3.63) is 147 Å². The van der Waals surface area contributed by atoms with Crippen LogP contribution in [-0.4, -0.2) is 4.57 Å². The Labute approximate surface area is 258 Å². The Morgan fingerprint density at radius 2 is 0.829 bits per heavy atom. The molecular formula is C36H21Cl4N. The topological polar surface area (TPSA) is 4.93 Å². The largest absolute Gasteiger partial charge is 0.309 e. The molecule has 0 bridgehead atoms. The van der Waals surface area contributed by atoms with Gasteiger partial charge in [-0.1, -0.05) is 107 Å². The van der Waals surface area contributed by atoms with E-state index in [9.17, 15) is 0 Å². The van der Waals surface area contributed by atoms with Gasteiger partial charge in [-0.25, -0.2) is 0 Å². The van der Waals surface area contributed by atoms with Crippen molar-refractivity contribution < 1.29 is 0 Å². The van der Waals surface area contributed by atoms with Gasteiger partial charge in [0.1, 0.15) is 0 Å². The standard InChI is InChI=1S/C36H21Cl4N/c37-27-14-25(15-28(38)20-27)23-10-12-35-32(18-23)33-19-24(26-16-29(39)21-30(40)17-26)11-13-36(33)41(35)34-9-5-4-8-31(34)22-6-2-1-3-7-22/h1-21H. The maximum Gasteiger partial charge on any atom is 0.0541 e. The third kappa shape index (κ3) is 4.90. The second-order valence-electron chi connectivity index (χ2n) is 10.00. The molecule has 0 atom stereocenters. The minimum Gasteiger partial charge on any atom is -0.309 e. The zero-order chi connectivity index (χ0) is 28.1. The Morgan fingerprint density at radius 3 is 1.34 bits per heavy atom. The van der Waals surface area contributed by atoms with E-state index in [0.29, 0.717) is 20.1 Å². The summed E-state index contributed by atoms with van der Waals surface area (Å²) in [5.41, 5.74) is 9.62. The fourth-order valence-electron chi connectivity index (χ4n) is 5.61. The summed E-state index contributed by atoms with van der Waals surface area (Å²) in [5, 5.41) is 4.65. The zero-order valence-electron chi connectivity index (χ0n) is 21.6. The molecule has 0 amide bonds. The van der Waals surface area contributed by atoms with Gasteiger partial charge in [0.2, 0.25) is 0 Å². The highest BCUT2D eigenvalue weighted by Gasteiger charge is 2.17. The Kier molecular flexibility index (Phi) is 6.77. The van der Waals surface area contributed by atoms with Gasteiger partial charge in [0.05, 0.1) is 16.7 Å². The second-order valence-corrected chi connectivity index (χ2v) is 11.7. The highest BCUT2D eigenvalue weighted by atomic mass is 35.5. The molecule has 1 nitrogen and oxygen atoms in total. The van der Waals surface area contributed by atoms with Crippen LogP contribution in [0.5, 0.6) is 0 Å². The maximum atomic E-state index is 6.38. The van der Waals surface area contributed by atoms with E-state index in [-0.39, 0.29) is 0 Å². The van der Waals surface area contributed by atoms with Crippen molar-refractivity contribution in [3.63, 3.8) is 0 Å². The smallest absolute Gasteiger partial charge is 0.0541 e. The van der Waals surface area contributed by atoms with Crippen LogP contribution in [0.25, 0.3) is 60.9 Å². The van der Waals surface area contributed by atoms with Gasteiger partial charge in [0.15, 0.2) is 0 Å². The van der Waals surface area contributed by atoms with Gasteiger partial charge in [0, 0.05) is 36.4 Å². The van der Waals surface area contributed by atoms with Crippen molar-refractivity contribution in [2.75, 3.05) is 0 Å². The number of rotatable bonds is 4. The minimum absolute atomic E-state index is 0.604. The molecular weight excluding hydrogens is 588 g/mol. The fraction of sp³-hybridized carbons (Fsp3) is 0. The number of hydrogen-bond donors (Lipinski definition) is 0. The summed E-state index contributed by atoms with van der Waals surface area (Å²) in [4.78, 5) is 0. The molecule has 0 aliphatic carbocycles. The monoisotopic (exact) mass is 607 g/mol. The van der Waals surface area contributed by atoms with E-state index in [2.05, 4.69) is 89.5 Å². The first kappa shape index (κ1) is 26.2. The van der Waals surface area contributed by atoms with E-state index in [4.69, 9.17) is 46.4 Å². The molecule has 198 valence electrons. The van der Waals surface area contributed by atoms with Crippen LogP contribution >= 0.6 is 46.4 Å². The first-order chi connectivity index (χ1) is 19.9. The summed E-state index contributed by atoms with van der Waals surface area (Å²) in [7, 11) is 0. The molecule has 1 heterocycles. The number of nitrogens with zero attached hydrogens (tertiary/aromatic N) is 1. The van der Waals surface area contributed by atoms with Crippen LogP contribution in [-0.2, 0) is 0 Å². The first-order valence-electron chi connectivity index (χ1n) is 13.1. The van der Waals surface area contributed by atoms with E-state index in [0.717, 1.165) is 60.9 Å². The molecule has 0 spiro atoms. The summed E-state index contributed by atoms with van der Waals surface area (Å²) in [6.45, 7) is 0. The van der Waals surface area contributed by atoms with Crippen LogP contribution in [0, 0.1) is 0 Å². The molecule has 0 saturated heterocycles. The maximum absolute atomic E-state index is 6.38. The van der Waals surface area contributed by atoms with Crippen molar-refractivity contribution in [2.24, 2.45) is 0 Å². The highest BCUT2D eigenvalue weighted by molar-refractivity contribution is 6.35. The molecule has 0 aliphatic heterocycles. The Bertz CT molecular complexity index is 1940. The Balaban J connectivity index is 1.54. The quantitative estimate of drug-likeness (QED) is 0.187. The van der Waals surface area contributed by atoms with Gasteiger partial charge >= 0.3 is 0 Å². The number of fused-ring (bicyclic) bond motifs is 3. The van der Waals surface area contributed by atoms with Crippen molar-refractivity contribution in [2.45, 2.75) is 0 Å². The lowest BCUT2D eigenvalue weighted by atomic mass is 10.0. The number of hydrogen-bond acceptors (Lipinski definition) is 0. The molecule has 7 rings (SSSR count). The lowest BCUT2D eigenvalue weighted by molar-refractivity contribution is 1.18. The third-order valence-electron chi connectivity index (χ3n) is 7.39. The number of aromatic nitrogens is 1. The summed E-state index contributed by atoms with van der Waals surface area (Å²) in [6.07, 6.45) is 0. The van der Waals surface area contributed by atoms with Crippen LogP contribution in [0.3, 0.4) is 0 Å². The molecule has 7 aromatic rings. The molecule has 41 heavy (non-hydrogen) atoms. The van der Waals surface area contributed by atoms with E-state index in [1.165, 1.54) is 0 Å². The van der Waals surface area contributed by atoms with Crippen molar-refractivity contribution in [3.8, 4) is 39.1 Å². The number of benzene rings is 6. The number of halogens is 4. The summed E-state index contributed by atoms with van der Waals surface area (Å²) in [6, 6.07) is 43.3. The lowest BCUT2D eigenvalue weighted by Gasteiger charge is -2.14. The second kappa shape index (κ2) is 10.6. The van der Waals surface area contributed by atoms with Crippen LogP contribution in [0.15, 0.2) is 127 Å². The molecule has 0 aliphatic rings. The lowest BCUT2D eigenvalue weighted by Crippen LogP contribution is -1.97.